The van der Waals surface area contributed by atoms with Crippen molar-refractivity contribution < 1.29 is 9.53 Å². The van der Waals surface area contributed by atoms with Gasteiger partial charge in [-0.25, -0.2) is 9.97 Å². The van der Waals surface area contributed by atoms with Gasteiger partial charge in [0.1, 0.15) is 23.2 Å². The standard InChI is InChI=1S/C22H25N5O2/c1-15-6-5-7-19(12-15)29-14-22(28)26-18-10-8-17(9-11-18)25-20-13-21(27(3)4)24-16(2)23-20/h5-13H,14H2,1-4H3,(H,26,28)(H,23,24,25). The van der Waals surface area contributed by atoms with Crippen LogP contribution in [0.1, 0.15) is 11.4 Å². The van der Waals surface area contributed by atoms with Gasteiger partial charge in [0.05, 0.1) is 0 Å². The Morgan fingerprint density at radius 3 is 2.41 bits per heavy atom. The summed E-state index contributed by atoms with van der Waals surface area (Å²) in [5.74, 6) is 2.70. The number of carbonyl (C=O) groups is 1. The van der Waals surface area contributed by atoms with Gasteiger partial charge in [-0.1, -0.05) is 12.1 Å². The molecule has 0 aliphatic carbocycles. The Morgan fingerprint density at radius 2 is 1.72 bits per heavy atom. The average molecular weight is 391 g/mol. The first-order chi connectivity index (χ1) is 13.9. The zero-order chi connectivity index (χ0) is 20.8. The Kier molecular flexibility index (Phi) is 6.29. The summed E-state index contributed by atoms with van der Waals surface area (Å²) in [5, 5.41) is 6.08. The maximum atomic E-state index is 12.1. The van der Waals surface area contributed by atoms with E-state index in [4.69, 9.17) is 4.74 Å². The predicted molar refractivity (Wildman–Crippen MR) is 116 cm³/mol. The molecule has 2 N–H and O–H groups in total. The molecule has 0 atom stereocenters. The van der Waals surface area contributed by atoms with Gasteiger partial charge in [0.2, 0.25) is 0 Å². The summed E-state index contributed by atoms with van der Waals surface area (Å²) in [5.41, 5.74) is 2.64. The quantitative estimate of drug-likeness (QED) is 0.635. The normalized spacial score (nSPS) is 10.3. The highest BCUT2D eigenvalue weighted by molar-refractivity contribution is 5.92. The molecule has 0 spiro atoms. The van der Waals surface area contributed by atoms with Crippen molar-refractivity contribution in [2.24, 2.45) is 0 Å². The highest BCUT2D eigenvalue weighted by Crippen LogP contribution is 2.20. The van der Waals surface area contributed by atoms with E-state index in [0.717, 1.165) is 17.1 Å². The first kappa shape index (κ1) is 20.1. The van der Waals surface area contributed by atoms with Crippen molar-refractivity contribution in [3.05, 3.63) is 66.0 Å². The average Bonchev–Trinajstić information content (AvgIpc) is 2.67. The minimum absolute atomic E-state index is 0.0447. The summed E-state index contributed by atoms with van der Waals surface area (Å²) in [7, 11) is 3.87. The van der Waals surface area contributed by atoms with Crippen molar-refractivity contribution >= 4 is 28.9 Å². The lowest BCUT2D eigenvalue weighted by Crippen LogP contribution is -2.20. The van der Waals surface area contributed by atoms with Crippen LogP contribution in [0, 0.1) is 13.8 Å². The SMILES string of the molecule is Cc1cccc(OCC(=O)Nc2ccc(Nc3cc(N(C)C)nc(C)n3)cc2)c1. The van der Waals surface area contributed by atoms with E-state index in [-0.39, 0.29) is 12.5 Å². The molecular formula is C22H25N5O2. The molecule has 7 heteroatoms. The number of hydrogen-bond donors (Lipinski definition) is 2. The summed E-state index contributed by atoms with van der Waals surface area (Å²) in [4.78, 5) is 22.8. The van der Waals surface area contributed by atoms with Gasteiger partial charge in [-0.05, 0) is 55.8 Å². The Morgan fingerprint density at radius 1 is 1.00 bits per heavy atom. The van der Waals surface area contributed by atoms with Crippen molar-refractivity contribution in [1.82, 2.24) is 9.97 Å². The van der Waals surface area contributed by atoms with Gasteiger partial charge < -0.3 is 20.3 Å². The summed E-state index contributed by atoms with van der Waals surface area (Å²) >= 11 is 0. The lowest BCUT2D eigenvalue weighted by Gasteiger charge is -2.14. The molecule has 3 rings (SSSR count). The Labute approximate surface area is 170 Å². The van der Waals surface area contributed by atoms with E-state index in [1.807, 2.05) is 87.4 Å². The molecule has 2 aromatic carbocycles. The molecule has 0 fully saturated rings. The van der Waals surface area contributed by atoms with Gasteiger partial charge >= 0.3 is 0 Å². The molecule has 0 unspecified atom stereocenters. The van der Waals surface area contributed by atoms with E-state index in [0.29, 0.717) is 23.1 Å². The molecule has 7 nitrogen and oxygen atoms in total. The van der Waals surface area contributed by atoms with Crippen LogP contribution in [0.25, 0.3) is 0 Å². The van der Waals surface area contributed by atoms with Crippen molar-refractivity contribution in [2.45, 2.75) is 13.8 Å². The van der Waals surface area contributed by atoms with Crippen LogP contribution in [0.4, 0.5) is 23.0 Å². The van der Waals surface area contributed by atoms with Crippen LogP contribution in [0.15, 0.2) is 54.6 Å². The van der Waals surface area contributed by atoms with Crippen LogP contribution in [-0.2, 0) is 4.79 Å². The molecular weight excluding hydrogens is 366 g/mol. The number of carbonyl (C=O) groups excluding carboxylic acids is 1. The van der Waals surface area contributed by atoms with Crippen LogP contribution in [0.3, 0.4) is 0 Å². The Balaban J connectivity index is 1.56. The Bertz CT molecular complexity index is 987. The third-order valence-electron chi connectivity index (χ3n) is 4.08. The summed E-state index contributed by atoms with van der Waals surface area (Å²) in [6.07, 6.45) is 0. The van der Waals surface area contributed by atoms with E-state index in [2.05, 4.69) is 20.6 Å². The smallest absolute Gasteiger partial charge is 0.262 e. The maximum absolute atomic E-state index is 12.1. The highest BCUT2D eigenvalue weighted by Gasteiger charge is 2.06. The number of anilines is 4. The molecule has 0 aliphatic heterocycles. The molecule has 0 saturated heterocycles. The number of amides is 1. The molecule has 3 aromatic rings. The lowest BCUT2D eigenvalue weighted by molar-refractivity contribution is -0.118. The number of rotatable bonds is 7. The molecule has 1 amide bonds. The minimum atomic E-state index is -0.214. The second-order valence-electron chi connectivity index (χ2n) is 6.91. The van der Waals surface area contributed by atoms with Gasteiger partial charge in [-0.3, -0.25) is 4.79 Å². The summed E-state index contributed by atoms with van der Waals surface area (Å²) in [6, 6.07) is 16.9. The first-order valence-electron chi connectivity index (χ1n) is 9.28. The molecule has 150 valence electrons. The molecule has 0 aliphatic rings. The minimum Gasteiger partial charge on any atom is -0.484 e. The van der Waals surface area contributed by atoms with Crippen LogP contribution >= 0.6 is 0 Å². The van der Waals surface area contributed by atoms with E-state index in [1.54, 1.807) is 0 Å². The third-order valence-corrected chi connectivity index (χ3v) is 4.08. The molecule has 0 radical (unpaired) electrons. The lowest BCUT2D eigenvalue weighted by atomic mass is 10.2. The molecule has 0 saturated carbocycles. The number of aryl methyl sites for hydroxylation is 2. The van der Waals surface area contributed by atoms with E-state index in [9.17, 15) is 4.79 Å². The number of nitrogens with one attached hydrogen (secondary N) is 2. The topological polar surface area (TPSA) is 79.4 Å². The number of aromatic nitrogens is 2. The van der Waals surface area contributed by atoms with Crippen LogP contribution < -0.4 is 20.3 Å². The maximum Gasteiger partial charge on any atom is 0.262 e. The van der Waals surface area contributed by atoms with Gasteiger partial charge in [0.25, 0.3) is 5.91 Å². The number of benzene rings is 2. The zero-order valence-corrected chi connectivity index (χ0v) is 17.1. The summed E-state index contributed by atoms with van der Waals surface area (Å²) < 4.78 is 5.52. The van der Waals surface area contributed by atoms with Gasteiger partial charge in [0.15, 0.2) is 6.61 Å². The first-order valence-corrected chi connectivity index (χ1v) is 9.28. The van der Waals surface area contributed by atoms with Crippen molar-refractivity contribution in [3.63, 3.8) is 0 Å². The van der Waals surface area contributed by atoms with E-state index < -0.39 is 0 Å². The fourth-order valence-corrected chi connectivity index (χ4v) is 2.68. The fraction of sp³-hybridized carbons (Fsp3) is 0.227. The van der Waals surface area contributed by atoms with Crippen LogP contribution in [0.2, 0.25) is 0 Å². The highest BCUT2D eigenvalue weighted by atomic mass is 16.5. The van der Waals surface area contributed by atoms with E-state index in [1.165, 1.54) is 0 Å². The number of ether oxygens (including phenoxy) is 1. The Hall–Kier alpha value is -3.61. The second-order valence-corrected chi connectivity index (χ2v) is 6.91. The van der Waals surface area contributed by atoms with Crippen molar-refractivity contribution in [2.75, 3.05) is 36.2 Å². The van der Waals surface area contributed by atoms with Crippen molar-refractivity contribution in [1.29, 1.82) is 0 Å². The molecule has 0 bridgehead atoms. The number of hydrogen-bond acceptors (Lipinski definition) is 6. The largest absolute Gasteiger partial charge is 0.484 e. The van der Waals surface area contributed by atoms with E-state index >= 15 is 0 Å². The van der Waals surface area contributed by atoms with Gasteiger partial charge in [-0.15, -0.1) is 0 Å². The summed E-state index contributed by atoms with van der Waals surface area (Å²) in [6.45, 7) is 3.79. The molecule has 1 aromatic heterocycles. The second kappa shape index (κ2) is 9.05. The molecule has 1 heterocycles. The van der Waals surface area contributed by atoms with Gasteiger partial charge in [-0.2, -0.15) is 0 Å². The number of nitrogens with zero attached hydrogens (tertiary/aromatic N) is 3. The molecule has 29 heavy (non-hydrogen) atoms. The fourth-order valence-electron chi connectivity index (χ4n) is 2.68. The van der Waals surface area contributed by atoms with Gasteiger partial charge in [0, 0.05) is 31.5 Å². The third kappa shape index (κ3) is 5.93. The van der Waals surface area contributed by atoms with Crippen molar-refractivity contribution in [3.8, 4) is 5.75 Å². The monoisotopic (exact) mass is 391 g/mol. The van der Waals surface area contributed by atoms with Crippen LogP contribution in [-0.4, -0.2) is 36.6 Å². The predicted octanol–water partition coefficient (Wildman–Crippen LogP) is 3.92. The zero-order valence-electron chi connectivity index (χ0n) is 17.1. The van der Waals surface area contributed by atoms with Crippen LogP contribution in [0.5, 0.6) is 5.75 Å².